The fourth-order valence-electron chi connectivity index (χ4n) is 2.94. The minimum atomic E-state index is -2.75. The molecule has 112 valence electrons. The van der Waals surface area contributed by atoms with E-state index in [0.29, 0.717) is 0 Å². The molecule has 0 aromatic heterocycles. The van der Waals surface area contributed by atoms with Crippen LogP contribution >= 0.6 is 22.2 Å². The number of rotatable bonds is 2. The quantitative estimate of drug-likeness (QED) is 0.350. The molecule has 3 heteroatoms. The highest BCUT2D eigenvalue weighted by Crippen LogP contribution is 2.21. The molecule has 0 spiro atoms. The molecule has 0 fully saturated rings. The number of benzene rings is 4. The van der Waals surface area contributed by atoms with Crippen molar-refractivity contribution in [2.75, 3.05) is 0 Å². The lowest BCUT2D eigenvalue weighted by atomic mass is 10.1. The highest BCUT2D eigenvalue weighted by Gasteiger charge is 2.33. The van der Waals surface area contributed by atoms with Gasteiger partial charge in [-0.05, 0) is 31.9 Å². The summed E-state index contributed by atoms with van der Waals surface area (Å²) in [5, 5.41) is 6.79. The zero-order valence-corrected chi connectivity index (χ0v) is 14.9. The second-order valence-electron chi connectivity index (χ2n) is 5.70. The Hall–Kier alpha value is -1.80. The van der Waals surface area contributed by atoms with Crippen LogP contribution in [0.2, 0.25) is 0 Å². The molecule has 0 aliphatic rings. The molecular weight excluding hydrogens is 339 g/mol. The van der Waals surface area contributed by atoms with Crippen LogP contribution in [0.4, 0.5) is 0 Å². The van der Waals surface area contributed by atoms with Crippen LogP contribution in [0.25, 0.3) is 21.5 Å². The molecule has 0 amide bonds. The van der Waals surface area contributed by atoms with Gasteiger partial charge < -0.3 is 0 Å². The van der Waals surface area contributed by atoms with E-state index >= 15 is 0 Å². The molecule has 0 atom stereocenters. The zero-order valence-electron chi connectivity index (χ0n) is 12.3. The Kier molecular flexibility index (Phi) is 3.65. The summed E-state index contributed by atoms with van der Waals surface area (Å²) in [6, 6.07) is 29.1. The van der Waals surface area contributed by atoms with Gasteiger partial charge in [-0.3, -0.25) is 0 Å². The van der Waals surface area contributed by atoms with E-state index < -0.39 is 6.69 Å². The fraction of sp³-hybridized carbons (Fsp3) is 0. The van der Waals surface area contributed by atoms with Gasteiger partial charge in [0.25, 0.3) is 0 Å². The summed E-state index contributed by atoms with van der Waals surface area (Å²) in [5.74, 6) is 0. The molecule has 0 bridgehead atoms. The maximum Gasteiger partial charge on any atom is 0.310 e. The van der Waals surface area contributed by atoms with Gasteiger partial charge >= 0.3 is 6.69 Å². The van der Waals surface area contributed by atoms with Gasteiger partial charge in [0.1, 0.15) is 0 Å². The van der Waals surface area contributed by atoms with Gasteiger partial charge in [-0.1, -0.05) is 84.9 Å². The molecule has 4 aromatic carbocycles. The smallest absolute Gasteiger partial charge is 0.134 e. The van der Waals surface area contributed by atoms with E-state index in [1.807, 2.05) is 24.3 Å². The molecule has 4 aromatic rings. The lowest BCUT2D eigenvalue weighted by Crippen LogP contribution is -2.48. The average Bonchev–Trinajstić information content (AvgIpc) is 2.61. The van der Waals surface area contributed by atoms with Crippen molar-refractivity contribution in [2.45, 2.75) is 0 Å². The summed E-state index contributed by atoms with van der Waals surface area (Å²) in [7, 11) is 0. The summed E-state index contributed by atoms with van der Waals surface area (Å²) < 4.78 is 0. The van der Waals surface area contributed by atoms with Crippen molar-refractivity contribution in [1.82, 2.24) is 0 Å². The average molecular weight is 353 g/mol. The van der Waals surface area contributed by atoms with Gasteiger partial charge in [0, 0.05) is 0 Å². The van der Waals surface area contributed by atoms with Crippen LogP contribution in [0, 0.1) is 0 Å². The van der Waals surface area contributed by atoms with Crippen LogP contribution in [0.5, 0.6) is 0 Å². The molecule has 0 saturated carbocycles. The number of halogens is 2. The molecule has 0 aliphatic heterocycles. The highest BCUT2D eigenvalue weighted by atomic mass is 35.7. The van der Waals surface area contributed by atoms with E-state index in [0.717, 1.165) is 10.4 Å². The largest absolute Gasteiger partial charge is 0.310 e. The van der Waals surface area contributed by atoms with Gasteiger partial charge in [0.2, 0.25) is 0 Å². The van der Waals surface area contributed by atoms with E-state index in [1.54, 1.807) is 0 Å². The first-order valence-corrected chi connectivity index (χ1v) is 11.5. The Morgan fingerprint density at radius 1 is 0.478 bits per heavy atom. The summed E-state index contributed by atoms with van der Waals surface area (Å²) >= 11 is 13.8. The summed E-state index contributed by atoms with van der Waals surface area (Å²) in [5.41, 5.74) is 0. The van der Waals surface area contributed by atoms with E-state index in [1.165, 1.54) is 21.5 Å². The Morgan fingerprint density at radius 3 is 1.30 bits per heavy atom. The van der Waals surface area contributed by atoms with Crippen LogP contribution < -0.4 is 10.4 Å². The first kappa shape index (κ1) is 14.8. The third-order valence-corrected chi connectivity index (χ3v) is 8.91. The van der Waals surface area contributed by atoms with Crippen molar-refractivity contribution in [2.24, 2.45) is 0 Å². The summed E-state index contributed by atoms with van der Waals surface area (Å²) in [6.45, 7) is -2.75. The Bertz CT molecular complexity index is 927. The topological polar surface area (TPSA) is 0 Å². The van der Waals surface area contributed by atoms with Gasteiger partial charge in [-0.2, -0.15) is 0 Å². The van der Waals surface area contributed by atoms with Gasteiger partial charge in [-0.25, -0.2) is 0 Å². The van der Waals surface area contributed by atoms with Crippen LogP contribution in [0.15, 0.2) is 84.9 Å². The first-order chi connectivity index (χ1) is 11.1. The van der Waals surface area contributed by atoms with Crippen molar-refractivity contribution in [1.29, 1.82) is 0 Å². The molecular formula is C20H14Cl2Si. The number of hydrogen-bond acceptors (Lipinski definition) is 0. The van der Waals surface area contributed by atoms with E-state index in [4.69, 9.17) is 22.2 Å². The molecule has 0 aliphatic carbocycles. The van der Waals surface area contributed by atoms with Crippen molar-refractivity contribution in [3.8, 4) is 0 Å². The van der Waals surface area contributed by atoms with Gasteiger partial charge in [0.15, 0.2) is 0 Å². The van der Waals surface area contributed by atoms with Crippen LogP contribution in [0.3, 0.4) is 0 Å². The van der Waals surface area contributed by atoms with Gasteiger partial charge in [0.05, 0.1) is 0 Å². The molecule has 0 heterocycles. The fourth-order valence-corrected chi connectivity index (χ4v) is 5.94. The maximum absolute atomic E-state index is 6.89. The molecule has 23 heavy (non-hydrogen) atoms. The first-order valence-electron chi connectivity index (χ1n) is 7.51. The maximum atomic E-state index is 6.89. The van der Waals surface area contributed by atoms with E-state index in [9.17, 15) is 0 Å². The third kappa shape index (κ3) is 2.65. The summed E-state index contributed by atoms with van der Waals surface area (Å²) in [4.78, 5) is 0. The van der Waals surface area contributed by atoms with Gasteiger partial charge in [-0.15, -0.1) is 22.2 Å². The standard InChI is InChI=1S/C20H14Cl2Si/c21-23(22,19-11-9-15-5-1-3-7-17(15)13-19)20-12-10-16-6-2-4-8-18(16)14-20/h1-14H. The summed E-state index contributed by atoms with van der Waals surface area (Å²) in [6.07, 6.45) is 0. The Balaban J connectivity index is 1.85. The minimum absolute atomic E-state index is 1.02. The number of fused-ring (bicyclic) bond motifs is 2. The zero-order chi connectivity index (χ0) is 15.9. The Morgan fingerprint density at radius 2 is 0.870 bits per heavy atom. The van der Waals surface area contributed by atoms with E-state index in [2.05, 4.69) is 60.7 Å². The predicted molar refractivity (Wildman–Crippen MR) is 105 cm³/mol. The van der Waals surface area contributed by atoms with Crippen molar-refractivity contribution in [3.63, 3.8) is 0 Å². The second kappa shape index (κ2) is 5.68. The number of hydrogen-bond donors (Lipinski definition) is 0. The third-order valence-electron chi connectivity index (χ3n) is 4.22. The van der Waals surface area contributed by atoms with E-state index in [-0.39, 0.29) is 0 Å². The van der Waals surface area contributed by atoms with Crippen molar-refractivity contribution in [3.05, 3.63) is 84.9 Å². The van der Waals surface area contributed by atoms with Crippen LogP contribution in [-0.2, 0) is 0 Å². The molecule has 0 N–H and O–H groups in total. The molecule has 4 rings (SSSR count). The van der Waals surface area contributed by atoms with Crippen molar-refractivity contribution >= 4 is 60.8 Å². The Labute approximate surface area is 145 Å². The predicted octanol–water partition coefficient (Wildman–Crippen LogP) is 5.03. The van der Waals surface area contributed by atoms with Crippen LogP contribution in [0.1, 0.15) is 0 Å². The minimum Gasteiger partial charge on any atom is -0.134 e. The normalized spacial score (nSPS) is 11.9. The molecule has 0 nitrogen and oxygen atoms in total. The molecule has 0 saturated heterocycles. The monoisotopic (exact) mass is 352 g/mol. The lowest BCUT2D eigenvalue weighted by molar-refractivity contribution is 1.76. The molecule has 0 radical (unpaired) electrons. The second-order valence-corrected chi connectivity index (χ2v) is 12.0. The van der Waals surface area contributed by atoms with Crippen LogP contribution in [-0.4, -0.2) is 6.69 Å². The highest BCUT2D eigenvalue weighted by molar-refractivity contribution is 7.56. The molecule has 0 unspecified atom stereocenters. The lowest BCUT2D eigenvalue weighted by Gasteiger charge is -2.19. The SMILES string of the molecule is Cl[Si](Cl)(c1ccc2ccccc2c1)c1ccc2ccccc2c1. The van der Waals surface area contributed by atoms with Crippen molar-refractivity contribution < 1.29 is 0 Å².